The number of hydrogen-bond donors (Lipinski definition) is 1. The molecule has 4 rings (SSSR count). The Morgan fingerprint density at radius 2 is 2.16 bits per heavy atom. The second-order valence-electron chi connectivity index (χ2n) is 6.07. The van der Waals surface area contributed by atoms with Gasteiger partial charge in [-0.2, -0.15) is 5.10 Å². The lowest BCUT2D eigenvalue weighted by Crippen LogP contribution is -2.42. The number of hydrogen-bond acceptors (Lipinski definition) is 3. The van der Waals surface area contributed by atoms with Gasteiger partial charge in [0.1, 0.15) is 0 Å². The molecule has 1 atom stereocenters. The van der Waals surface area contributed by atoms with E-state index in [1.54, 1.807) is 22.2 Å². The van der Waals surface area contributed by atoms with Gasteiger partial charge in [0.05, 0.1) is 17.9 Å². The Labute approximate surface area is 150 Å². The zero-order valence-corrected chi connectivity index (χ0v) is 14.9. The first-order valence-corrected chi connectivity index (χ1v) is 9.35. The lowest BCUT2D eigenvalue weighted by atomic mass is 9.93. The van der Waals surface area contributed by atoms with Crippen LogP contribution in [0.2, 0.25) is 0 Å². The molecular formula is C19H20N4OS. The number of carbonyl (C=O) groups is 1. The number of amides is 2. The molecule has 0 aliphatic carbocycles. The van der Waals surface area contributed by atoms with Gasteiger partial charge in [-0.15, -0.1) is 11.3 Å². The average Bonchev–Trinajstić information content (AvgIpc) is 3.30. The third-order valence-corrected chi connectivity index (χ3v) is 5.55. The molecule has 6 heteroatoms. The van der Waals surface area contributed by atoms with Crippen molar-refractivity contribution in [3.05, 3.63) is 70.2 Å². The summed E-state index contributed by atoms with van der Waals surface area (Å²) in [5, 5.41) is 9.34. The molecule has 0 saturated heterocycles. The first kappa shape index (κ1) is 15.9. The lowest BCUT2D eigenvalue weighted by Gasteiger charge is -2.36. The van der Waals surface area contributed by atoms with Gasteiger partial charge in [-0.25, -0.2) is 4.79 Å². The van der Waals surface area contributed by atoms with Crippen molar-refractivity contribution in [1.29, 1.82) is 0 Å². The van der Waals surface area contributed by atoms with E-state index in [-0.39, 0.29) is 12.1 Å². The molecule has 128 valence electrons. The molecule has 1 aliphatic rings. The van der Waals surface area contributed by atoms with Gasteiger partial charge in [-0.3, -0.25) is 4.68 Å². The molecule has 0 bridgehead atoms. The Hall–Kier alpha value is -2.60. The minimum atomic E-state index is -0.0821. The molecule has 1 N–H and O–H groups in total. The summed E-state index contributed by atoms with van der Waals surface area (Å²) in [5.41, 5.74) is 3.11. The fourth-order valence-electron chi connectivity index (χ4n) is 3.33. The molecule has 3 aromatic rings. The molecule has 0 radical (unpaired) electrons. The quantitative estimate of drug-likeness (QED) is 0.770. The van der Waals surface area contributed by atoms with Crippen LogP contribution in [0, 0.1) is 0 Å². The number of fused-ring (bicyclic) bond motifs is 1. The molecule has 0 fully saturated rings. The van der Waals surface area contributed by atoms with Crippen molar-refractivity contribution < 1.29 is 4.79 Å². The topological polar surface area (TPSA) is 50.2 Å². The van der Waals surface area contributed by atoms with Crippen LogP contribution in [0.25, 0.3) is 0 Å². The number of thiophene rings is 1. The summed E-state index contributed by atoms with van der Waals surface area (Å²) < 4.78 is 1.80. The van der Waals surface area contributed by atoms with Crippen molar-refractivity contribution in [3.63, 3.8) is 0 Å². The van der Waals surface area contributed by atoms with Gasteiger partial charge in [0.15, 0.2) is 0 Å². The molecule has 2 amide bonds. The SMILES string of the molecule is CCn1cc(NC(=O)N2CCc3sccc3C2c2ccccc2)cn1. The number of nitrogens with one attached hydrogen (secondary N) is 1. The highest BCUT2D eigenvalue weighted by molar-refractivity contribution is 7.10. The fraction of sp³-hybridized carbons (Fsp3) is 0.263. The Bertz CT molecular complexity index is 870. The molecule has 0 spiro atoms. The highest BCUT2D eigenvalue weighted by Crippen LogP contribution is 2.37. The highest BCUT2D eigenvalue weighted by atomic mass is 32.1. The smallest absolute Gasteiger partial charge is 0.313 e. The van der Waals surface area contributed by atoms with Gasteiger partial charge in [-0.05, 0) is 35.9 Å². The van der Waals surface area contributed by atoms with Crippen molar-refractivity contribution >= 4 is 23.1 Å². The molecular weight excluding hydrogens is 332 g/mol. The number of rotatable bonds is 3. The van der Waals surface area contributed by atoms with Gasteiger partial charge in [0, 0.05) is 24.2 Å². The summed E-state index contributed by atoms with van der Waals surface area (Å²) in [5.74, 6) is 0. The van der Waals surface area contributed by atoms with Crippen molar-refractivity contribution in [2.24, 2.45) is 0 Å². The number of urea groups is 1. The Kier molecular flexibility index (Phi) is 4.28. The predicted octanol–water partition coefficient (Wildman–Crippen LogP) is 4.14. The average molecular weight is 352 g/mol. The third-order valence-electron chi connectivity index (χ3n) is 4.55. The molecule has 2 aromatic heterocycles. The zero-order chi connectivity index (χ0) is 17.2. The molecule has 1 unspecified atom stereocenters. The minimum Gasteiger partial charge on any atom is -0.313 e. The Morgan fingerprint density at radius 1 is 1.32 bits per heavy atom. The van der Waals surface area contributed by atoms with Crippen LogP contribution in [0.5, 0.6) is 0 Å². The maximum absolute atomic E-state index is 13.0. The van der Waals surface area contributed by atoms with E-state index in [1.165, 1.54) is 10.4 Å². The molecule has 5 nitrogen and oxygen atoms in total. The van der Waals surface area contributed by atoms with Gasteiger partial charge < -0.3 is 10.2 Å². The molecule has 1 aliphatic heterocycles. The Morgan fingerprint density at radius 3 is 2.92 bits per heavy atom. The number of carbonyl (C=O) groups excluding carboxylic acids is 1. The van der Waals surface area contributed by atoms with E-state index in [0.717, 1.165) is 24.2 Å². The second kappa shape index (κ2) is 6.72. The van der Waals surface area contributed by atoms with Crippen molar-refractivity contribution in [2.45, 2.75) is 25.9 Å². The van der Waals surface area contributed by atoms with E-state index in [2.05, 4.69) is 34.0 Å². The van der Waals surface area contributed by atoms with E-state index in [1.807, 2.05) is 36.2 Å². The van der Waals surface area contributed by atoms with Gasteiger partial charge in [-0.1, -0.05) is 30.3 Å². The monoisotopic (exact) mass is 352 g/mol. The zero-order valence-electron chi connectivity index (χ0n) is 14.1. The predicted molar refractivity (Wildman–Crippen MR) is 99.9 cm³/mol. The van der Waals surface area contributed by atoms with Crippen molar-refractivity contribution in [2.75, 3.05) is 11.9 Å². The van der Waals surface area contributed by atoms with Gasteiger partial charge in [0.25, 0.3) is 0 Å². The summed E-state index contributed by atoms with van der Waals surface area (Å²) in [6.07, 6.45) is 4.45. The van der Waals surface area contributed by atoms with E-state index in [0.29, 0.717) is 6.54 Å². The summed E-state index contributed by atoms with van der Waals surface area (Å²) in [6.45, 7) is 3.51. The van der Waals surface area contributed by atoms with E-state index < -0.39 is 0 Å². The van der Waals surface area contributed by atoms with Crippen molar-refractivity contribution in [3.8, 4) is 0 Å². The summed E-state index contributed by atoms with van der Waals surface area (Å²) in [6, 6.07) is 12.3. The number of anilines is 1. The highest BCUT2D eigenvalue weighted by Gasteiger charge is 2.32. The van der Waals surface area contributed by atoms with E-state index >= 15 is 0 Å². The normalized spacial score (nSPS) is 16.5. The van der Waals surface area contributed by atoms with E-state index in [9.17, 15) is 4.79 Å². The van der Waals surface area contributed by atoms with Crippen LogP contribution in [-0.2, 0) is 13.0 Å². The van der Waals surface area contributed by atoms with Crippen molar-refractivity contribution in [1.82, 2.24) is 14.7 Å². The van der Waals surface area contributed by atoms with Crippen LogP contribution in [-0.4, -0.2) is 27.3 Å². The van der Waals surface area contributed by atoms with Crippen LogP contribution in [0.1, 0.15) is 29.0 Å². The Balaban J connectivity index is 1.64. The van der Waals surface area contributed by atoms with Gasteiger partial charge in [0.2, 0.25) is 0 Å². The maximum atomic E-state index is 13.0. The number of nitrogens with zero attached hydrogens (tertiary/aromatic N) is 3. The molecule has 25 heavy (non-hydrogen) atoms. The van der Waals surface area contributed by atoms with Gasteiger partial charge >= 0.3 is 6.03 Å². The van der Waals surface area contributed by atoms with Crippen LogP contribution < -0.4 is 5.32 Å². The first-order chi connectivity index (χ1) is 12.3. The standard InChI is InChI=1S/C19H20N4OS/c1-2-22-13-15(12-20-22)21-19(24)23-10-8-17-16(9-11-25-17)18(23)14-6-4-3-5-7-14/h3-7,9,11-13,18H,2,8,10H2,1H3,(H,21,24). The first-order valence-electron chi connectivity index (χ1n) is 8.47. The second-order valence-corrected chi connectivity index (χ2v) is 7.07. The fourth-order valence-corrected chi connectivity index (χ4v) is 4.23. The van der Waals surface area contributed by atoms with Crippen LogP contribution in [0.15, 0.2) is 54.2 Å². The lowest BCUT2D eigenvalue weighted by molar-refractivity contribution is 0.194. The third kappa shape index (κ3) is 3.05. The van der Waals surface area contributed by atoms with Crippen LogP contribution >= 0.6 is 11.3 Å². The van der Waals surface area contributed by atoms with Crippen LogP contribution in [0.3, 0.4) is 0 Å². The summed E-state index contributed by atoms with van der Waals surface area (Å²) in [4.78, 5) is 16.3. The number of aromatic nitrogens is 2. The molecule has 0 saturated carbocycles. The molecule has 1 aromatic carbocycles. The number of aryl methyl sites for hydroxylation is 1. The number of benzene rings is 1. The van der Waals surface area contributed by atoms with E-state index in [4.69, 9.17) is 0 Å². The summed E-state index contributed by atoms with van der Waals surface area (Å²) in [7, 11) is 0. The minimum absolute atomic E-state index is 0.0441. The maximum Gasteiger partial charge on any atom is 0.322 e. The largest absolute Gasteiger partial charge is 0.322 e. The summed E-state index contributed by atoms with van der Waals surface area (Å²) >= 11 is 1.78. The van der Waals surface area contributed by atoms with Crippen LogP contribution in [0.4, 0.5) is 10.5 Å². The molecule has 3 heterocycles.